The van der Waals surface area contributed by atoms with Crippen molar-refractivity contribution in [2.24, 2.45) is 5.16 Å². The van der Waals surface area contributed by atoms with Crippen molar-refractivity contribution >= 4 is 27.3 Å². The highest BCUT2D eigenvalue weighted by atomic mass is 79.9. The smallest absolute Gasteiger partial charge is 0.269 e. The third kappa shape index (κ3) is 2.29. The average molecular weight is 259 g/mol. The van der Waals surface area contributed by atoms with Crippen LogP contribution in [0.15, 0.2) is 29.4 Å². The molecular weight excluding hydrogens is 252 g/mol. The van der Waals surface area contributed by atoms with Crippen LogP contribution in [0, 0.1) is 10.1 Å². The van der Waals surface area contributed by atoms with E-state index in [4.69, 9.17) is 5.21 Å². The second kappa shape index (κ2) is 4.71. The molecule has 1 rings (SSSR count). The number of nitro groups is 1. The number of benzene rings is 1. The zero-order valence-corrected chi connectivity index (χ0v) is 8.64. The summed E-state index contributed by atoms with van der Waals surface area (Å²) < 4.78 is 0. The number of rotatable bonds is 3. The number of oxime groups is 1. The van der Waals surface area contributed by atoms with Gasteiger partial charge in [0.15, 0.2) is 0 Å². The first-order valence-electron chi connectivity index (χ1n) is 3.70. The summed E-state index contributed by atoms with van der Waals surface area (Å²) >= 11 is 3.14. The molecule has 0 heterocycles. The maximum absolute atomic E-state index is 10.3. The Morgan fingerprint density at radius 3 is 2.43 bits per heavy atom. The van der Waals surface area contributed by atoms with Gasteiger partial charge in [0.05, 0.1) is 10.6 Å². The summed E-state index contributed by atoms with van der Waals surface area (Å²) in [6.07, 6.45) is 0. The van der Waals surface area contributed by atoms with Gasteiger partial charge in [0.2, 0.25) is 0 Å². The van der Waals surface area contributed by atoms with Gasteiger partial charge < -0.3 is 5.21 Å². The maximum Gasteiger partial charge on any atom is 0.269 e. The molecule has 0 fully saturated rings. The number of hydrogen-bond acceptors (Lipinski definition) is 4. The van der Waals surface area contributed by atoms with Crippen LogP contribution in [0.25, 0.3) is 0 Å². The molecule has 0 radical (unpaired) electrons. The predicted octanol–water partition coefficient (Wildman–Crippen LogP) is 2.17. The largest absolute Gasteiger partial charge is 0.411 e. The highest BCUT2D eigenvalue weighted by Crippen LogP contribution is 2.13. The Labute approximate surface area is 88.3 Å². The van der Waals surface area contributed by atoms with Crippen molar-refractivity contribution in [2.75, 3.05) is 5.33 Å². The van der Waals surface area contributed by atoms with Crippen LogP contribution in [-0.2, 0) is 0 Å². The molecule has 0 aliphatic heterocycles. The van der Waals surface area contributed by atoms with Crippen LogP contribution in [0.3, 0.4) is 0 Å². The van der Waals surface area contributed by atoms with Crippen molar-refractivity contribution in [3.05, 3.63) is 39.9 Å². The van der Waals surface area contributed by atoms with E-state index in [-0.39, 0.29) is 5.69 Å². The van der Waals surface area contributed by atoms with E-state index in [1.807, 2.05) is 0 Å². The van der Waals surface area contributed by atoms with E-state index in [9.17, 15) is 10.1 Å². The van der Waals surface area contributed by atoms with Crippen LogP contribution in [0.2, 0.25) is 0 Å². The Morgan fingerprint density at radius 2 is 2.07 bits per heavy atom. The van der Waals surface area contributed by atoms with E-state index in [1.54, 1.807) is 0 Å². The summed E-state index contributed by atoms with van der Waals surface area (Å²) in [5, 5.41) is 22.4. The molecule has 1 N–H and O–H groups in total. The van der Waals surface area contributed by atoms with Crippen molar-refractivity contribution in [2.45, 2.75) is 0 Å². The van der Waals surface area contributed by atoms with Gasteiger partial charge in [-0.3, -0.25) is 10.1 Å². The number of nitro benzene ring substituents is 1. The first-order chi connectivity index (χ1) is 6.69. The predicted molar refractivity (Wildman–Crippen MR) is 55.2 cm³/mol. The van der Waals surface area contributed by atoms with E-state index in [1.165, 1.54) is 24.3 Å². The zero-order chi connectivity index (χ0) is 10.6. The first kappa shape index (κ1) is 10.6. The fraction of sp³-hybridized carbons (Fsp3) is 0.125. The number of halogens is 1. The summed E-state index contributed by atoms with van der Waals surface area (Å²) in [4.78, 5) is 9.86. The van der Waals surface area contributed by atoms with Crippen LogP contribution in [-0.4, -0.2) is 21.2 Å². The van der Waals surface area contributed by atoms with Crippen LogP contribution in [0.5, 0.6) is 0 Å². The molecule has 0 aliphatic carbocycles. The fourth-order valence-corrected chi connectivity index (χ4v) is 1.37. The van der Waals surface area contributed by atoms with Gasteiger partial charge in [0.25, 0.3) is 5.69 Å². The molecule has 14 heavy (non-hydrogen) atoms. The third-order valence-corrected chi connectivity index (χ3v) is 2.19. The molecule has 0 amide bonds. The van der Waals surface area contributed by atoms with Gasteiger partial charge in [-0.1, -0.05) is 21.1 Å². The van der Waals surface area contributed by atoms with Crippen LogP contribution in [0.4, 0.5) is 5.69 Å². The second-order valence-electron chi connectivity index (χ2n) is 2.48. The minimum Gasteiger partial charge on any atom is -0.411 e. The van der Waals surface area contributed by atoms with Gasteiger partial charge in [-0.2, -0.15) is 0 Å². The zero-order valence-electron chi connectivity index (χ0n) is 7.05. The molecule has 0 aromatic heterocycles. The highest BCUT2D eigenvalue weighted by molar-refractivity contribution is 9.09. The van der Waals surface area contributed by atoms with Crippen LogP contribution < -0.4 is 0 Å². The lowest BCUT2D eigenvalue weighted by molar-refractivity contribution is -0.384. The molecule has 1 aromatic rings. The number of hydrogen-bond donors (Lipinski definition) is 1. The van der Waals surface area contributed by atoms with Gasteiger partial charge in [0.1, 0.15) is 0 Å². The number of non-ortho nitro benzene ring substituents is 1. The Balaban J connectivity index is 2.99. The van der Waals surface area contributed by atoms with E-state index < -0.39 is 4.92 Å². The summed E-state index contributed by atoms with van der Waals surface area (Å²) in [7, 11) is 0. The summed E-state index contributed by atoms with van der Waals surface area (Å²) in [6.45, 7) is 0. The Hall–Kier alpha value is -1.43. The molecular formula is C8H7BrN2O3. The minimum atomic E-state index is -0.478. The lowest BCUT2D eigenvalue weighted by Gasteiger charge is -1.99. The molecule has 0 unspecified atom stereocenters. The van der Waals surface area contributed by atoms with Gasteiger partial charge in [-0.15, -0.1) is 0 Å². The van der Waals surface area contributed by atoms with Crippen LogP contribution >= 0.6 is 15.9 Å². The average Bonchev–Trinajstić information content (AvgIpc) is 2.20. The number of nitrogens with zero attached hydrogens (tertiary/aromatic N) is 2. The normalized spacial score (nSPS) is 11.4. The third-order valence-electron chi connectivity index (χ3n) is 1.66. The first-order valence-corrected chi connectivity index (χ1v) is 4.83. The SMILES string of the molecule is O=[N+]([O-])c1ccc(/C(CBr)=N/O)cc1. The fourth-order valence-electron chi connectivity index (χ4n) is 0.937. The lowest BCUT2D eigenvalue weighted by Crippen LogP contribution is -2.02. The second-order valence-corrected chi connectivity index (χ2v) is 3.05. The van der Waals surface area contributed by atoms with Gasteiger partial charge >= 0.3 is 0 Å². The topological polar surface area (TPSA) is 75.7 Å². The molecule has 0 atom stereocenters. The standard InChI is InChI=1S/C8H7BrN2O3/c9-5-8(10-12)6-1-3-7(4-2-6)11(13)14/h1-4,12H,5H2/b10-8+. The molecule has 74 valence electrons. The molecule has 0 spiro atoms. The molecule has 6 heteroatoms. The molecule has 0 bridgehead atoms. The summed E-state index contributed by atoms with van der Waals surface area (Å²) in [6, 6.07) is 5.80. The van der Waals surface area contributed by atoms with Crippen molar-refractivity contribution in [1.29, 1.82) is 0 Å². The molecule has 0 saturated carbocycles. The molecule has 5 nitrogen and oxygen atoms in total. The van der Waals surface area contributed by atoms with E-state index in [0.717, 1.165) is 0 Å². The van der Waals surface area contributed by atoms with E-state index >= 15 is 0 Å². The van der Waals surface area contributed by atoms with E-state index in [2.05, 4.69) is 21.1 Å². The van der Waals surface area contributed by atoms with Crippen LogP contribution in [0.1, 0.15) is 5.56 Å². The van der Waals surface area contributed by atoms with Crippen molar-refractivity contribution < 1.29 is 10.1 Å². The van der Waals surface area contributed by atoms with Crippen molar-refractivity contribution in [1.82, 2.24) is 0 Å². The van der Waals surface area contributed by atoms with E-state index in [0.29, 0.717) is 16.6 Å². The summed E-state index contributed by atoms with van der Waals surface area (Å²) in [5.41, 5.74) is 1.09. The Morgan fingerprint density at radius 1 is 1.50 bits per heavy atom. The van der Waals surface area contributed by atoms with Gasteiger partial charge in [-0.05, 0) is 12.1 Å². The minimum absolute atomic E-state index is 0.0145. The van der Waals surface area contributed by atoms with Crippen molar-refractivity contribution in [3.8, 4) is 0 Å². The monoisotopic (exact) mass is 258 g/mol. The highest BCUT2D eigenvalue weighted by Gasteiger charge is 2.07. The Kier molecular flexibility index (Phi) is 3.58. The number of alkyl halides is 1. The lowest BCUT2D eigenvalue weighted by atomic mass is 10.1. The maximum atomic E-state index is 10.3. The molecule has 1 aromatic carbocycles. The quantitative estimate of drug-likeness (QED) is 0.297. The van der Waals surface area contributed by atoms with Gasteiger partial charge in [0, 0.05) is 23.0 Å². The summed E-state index contributed by atoms with van der Waals surface area (Å²) in [5.74, 6) is 0. The van der Waals surface area contributed by atoms with Crippen molar-refractivity contribution in [3.63, 3.8) is 0 Å². The van der Waals surface area contributed by atoms with Gasteiger partial charge in [-0.25, -0.2) is 0 Å². The Bertz CT molecular complexity index is 361. The molecule has 0 saturated heterocycles. The molecule has 0 aliphatic rings.